The van der Waals surface area contributed by atoms with Gasteiger partial charge in [0.1, 0.15) is 6.17 Å². The van der Waals surface area contributed by atoms with Gasteiger partial charge in [0.25, 0.3) is 0 Å². The molecule has 2 rings (SSSR count). The van der Waals surface area contributed by atoms with Crippen LogP contribution >= 0.6 is 0 Å². The number of morpholine rings is 1. The molecular formula is C19H31N3O3. The molecule has 0 aliphatic carbocycles. The standard InChI is InChI=1S/C19H31N3O3/c1-2-20-18(21-19(23)15-22-10-13-24-14-11-22)16-25-12-6-9-17-7-4-3-5-8-17/h3-5,7-8,18,20H,2,6,9-16H2,1H3,(H,21,23). The summed E-state index contributed by atoms with van der Waals surface area (Å²) < 4.78 is 11.1. The van der Waals surface area contributed by atoms with Crippen LogP contribution in [0.15, 0.2) is 30.3 Å². The summed E-state index contributed by atoms with van der Waals surface area (Å²) in [6, 6.07) is 10.4. The topological polar surface area (TPSA) is 62.8 Å². The summed E-state index contributed by atoms with van der Waals surface area (Å²) in [5.41, 5.74) is 1.33. The van der Waals surface area contributed by atoms with Gasteiger partial charge in [0.15, 0.2) is 0 Å². The van der Waals surface area contributed by atoms with Crippen LogP contribution in [-0.4, -0.2) is 69.6 Å². The lowest BCUT2D eigenvalue weighted by Gasteiger charge is -2.27. The molecule has 6 heteroatoms. The first-order valence-corrected chi connectivity index (χ1v) is 9.22. The Morgan fingerprint density at radius 1 is 1.28 bits per heavy atom. The largest absolute Gasteiger partial charge is 0.379 e. The van der Waals surface area contributed by atoms with Crippen LogP contribution in [0, 0.1) is 0 Å². The molecule has 0 saturated carbocycles. The Hall–Kier alpha value is -1.47. The number of rotatable bonds is 11. The molecule has 1 atom stereocenters. The monoisotopic (exact) mass is 349 g/mol. The van der Waals surface area contributed by atoms with Crippen molar-refractivity contribution in [2.45, 2.75) is 25.9 Å². The third-order valence-electron chi connectivity index (χ3n) is 4.14. The summed E-state index contributed by atoms with van der Waals surface area (Å²) >= 11 is 0. The molecule has 0 radical (unpaired) electrons. The van der Waals surface area contributed by atoms with Crippen LogP contribution in [-0.2, 0) is 20.7 Å². The van der Waals surface area contributed by atoms with E-state index in [-0.39, 0.29) is 12.1 Å². The minimum atomic E-state index is -0.143. The third kappa shape index (κ3) is 8.45. The first kappa shape index (κ1) is 19.8. The zero-order valence-electron chi connectivity index (χ0n) is 15.2. The summed E-state index contributed by atoms with van der Waals surface area (Å²) in [4.78, 5) is 14.3. The highest BCUT2D eigenvalue weighted by atomic mass is 16.5. The lowest BCUT2D eigenvalue weighted by molar-refractivity contribution is -0.124. The summed E-state index contributed by atoms with van der Waals surface area (Å²) in [6.45, 7) is 7.44. The molecule has 1 amide bonds. The summed E-state index contributed by atoms with van der Waals surface area (Å²) in [7, 11) is 0. The maximum absolute atomic E-state index is 12.2. The number of benzene rings is 1. The fourth-order valence-corrected chi connectivity index (χ4v) is 2.82. The molecule has 0 bridgehead atoms. The summed E-state index contributed by atoms with van der Waals surface area (Å²) in [5.74, 6) is 0.0285. The maximum Gasteiger partial charge on any atom is 0.235 e. The normalized spacial score (nSPS) is 16.5. The lowest BCUT2D eigenvalue weighted by atomic mass is 10.1. The van der Waals surface area contributed by atoms with Gasteiger partial charge in [-0.05, 0) is 24.9 Å². The molecule has 1 aliphatic heterocycles. The van der Waals surface area contributed by atoms with E-state index < -0.39 is 0 Å². The molecule has 25 heavy (non-hydrogen) atoms. The Labute approximate surface area is 150 Å². The van der Waals surface area contributed by atoms with Crippen molar-refractivity contribution < 1.29 is 14.3 Å². The molecule has 1 aromatic carbocycles. The van der Waals surface area contributed by atoms with E-state index in [9.17, 15) is 4.79 Å². The van der Waals surface area contributed by atoms with E-state index in [4.69, 9.17) is 9.47 Å². The average molecular weight is 349 g/mol. The zero-order valence-corrected chi connectivity index (χ0v) is 15.2. The van der Waals surface area contributed by atoms with Crippen LogP contribution in [0.2, 0.25) is 0 Å². The number of carbonyl (C=O) groups is 1. The van der Waals surface area contributed by atoms with Gasteiger partial charge >= 0.3 is 0 Å². The zero-order chi connectivity index (χ0) is 17.7. The quantitative estimate of drug-likeness (QED) is 0.461. The van der Waals surface area contributed by atoms with Gasteiger partial charge in [-0.1, -0.05) is 37.3 Å². The number of amides is 1. The van der Waals surface area contributed by atoms with E-state index in [1.54, 1.807) is 0 Å². The lowest BCUT2D eigenvalue weighted by Crippen LogP contribution is -2.52. The summed E-state index contributed by atoms with van der Waals surface area (Å²) in [6.07, 6.45) is 1.84. The molecule has 6 nitrogen and oxygen atoms in total. The predicted molar refractivity (Wildman–Crippen MR) is 98.4 cm³/mol. The Bertz CT molecular complexity index is 478. The minimum Gasteiger partial charge on any atom is -0.379 e. The highest BCUT2D eigenvalue weighted by molar-refractivity contribution is 5.78. The van der Waals surface area contributed by atoms with Crippen molar-refractivity contribution in [1.29, 1.82) is 0 Å². The van der Waals surface area contributed by atoms with Gasteiger partial charge in [-0.2, -0.15) is 0 Å². The second-order valence-corrected chi connectivity index (χ2v) is 6.23. The van der Waals surface area contributed by atoms with E-state index >= 15 is 0 Å². The molecule has 0 spiro atoms. The minimum absolute atomic E-state index is 0.0285. The Morgan fingerprint density at radius 3 is 2.76 bits per heavy atom. The van der Waals surface area contributed by atoms with Crippen LogP contribution in [0.1, 0.15) is 18.9 Å². The van der Waals surface area contributed by atoms with E-state index in [0.717, 1.165) is 32.5 Å². The van der Waals surface area contributed by atoms with Crippen LogP contribution in [0.3, 0.4) is 0 Å². The fraction of sp³-hybridized carbons (Fsp3) is 0.632. The predicted octanol–water partition coefficient (Wildman–Crippen LogP) is 1.02. The molecule has 2 N–H and O–H groups in total. The van der Waals surface area contributed by atoms with Gasteiger partial charge in [-0.3, -0.25) is 15.0 Å². The van der Waals surface area contributed by atoms with Crippen molar-refractivity contribution in [1.82, 2.24) is 15.5 Å². The first-order valence-electron chi connectivity index (χ1n) is 9.22. The SMILES string of the molecule is CCNC(COCCCc1ccccc1)NC(=O)CN1CCOCC1. The second-order valence-electron chi connectivity index (χ2n) is 6.23. The molecule has 1 unspecified atom stereocenters. The van der Waals surface area contributed by atoms with E-state index in [0.29, 0.717) is 33.0 Å². The fourth-order valence-electron chi connectivity index (χ4n) is 2.82. The third-order valence-corrected chi connectivity index (χ3v) is 4.14. The van der Waals surface area contributed by atoms with Crippen LogP contribution in [0.4, 0.5) is 0 Å². The molecule has 1 fully saturated rings. The molecule has 0 aromatic heterocycles. The van der Waals surface area contributed by atoms with E-state index in [2.05, 4.69) is 39.8 Å². The van der Waals surface area contributed by atoms with Crippen LogP contribution in [0.5, 0.6) is 0 Å². The molecule has 140 valence electrons. The second kappa shape index (κ2) is 12.0. The van der Waals surface area contributed by atoms with Gasteiger partial charge in [0.05, 0.1) is 26.4 Å². The molecule has 1 saturated heterocycles. The van der Waals surface area contributed by atoms with Gasteiger partial charge in [0.2, 0.25) is 5.91 Å². The number of carbonyl (C=O) groups excluding carboxylic acids is 1. The van der Waals surface area contributed by atoms with E-state index in [1.165, 1.54) is 5.56 Å². The highest BCUT2D eigenvalue weighted by Gasteiger charge is 2.16. The molecule has 1 aliphatic rings. The average Bonchev–Trinajstić information content (AvgIpc) is 2.63. The van der Waals surface area contributed by atoms with Crippen molar-refractivity contribution in [2.24, 2.45) is 0 Å². The molecule has 1 heterocycles. The number of aryl methyl sites for hydroxylation is 1. The van der Waals surface area contributed by atoms with Crippen molar-refractivity contribution in [3.8, 4) is 0 Å². The number of nitrogens with one attached hydrogen (secondary N) is 2. The van der Waals surface area contributed by atoms with Crippen LogP contribution < -0.4 is 10.6 Å². The van der Waals surface area contributed by atoms with Crippen LogP contribution in [0.25, 0.3) is 0 Å². The van der Waals surface area contributed by atoms with Crippen molar-refractivity contribution in [2.75, 3.05) is 52.6 Å². The Balaban J connectivity index is 1.61. The Kier molecular flexibility index (Phi) is 9.51. The smallest absolute Gasteiger partial charge is 0.235 e. The van der Waals surface area contributed by atoms with Gasteiger partial charge in [-0.25, -0.2) is 0 Å². The first-order chi connectivity index (χ1) is 12.3. The molecule has 1 aromatic rings. The van der Waals surface area contributed by atoms with Crippen molar-refractivity contribution in [3.05, 3.63) is 35.9 Å². The maximum atomic E-state index is 12.2. The van der Waals surface area contributed by atoms with Crippen molar-refractivity contribution >= 4 is 5.91 Å². The number of nitrogens with zero attached hydrogens (tertiary/aromatic N) is 1. The van der Waals surface area contributed by atoms with Gasteiger partial charge < -0.3 is 14.8 Å². The summed E-state index contributed by atoms with van der Waals surface area (Å²) in [5, 5.41) is 6.28. The van der Waals surface area contributed by atoms with E-state index in [1.807, 2.05) is 13.0 Å². The number of hydrogen-bond donors (Lipinski definition) is 2. The number of ether oxygens (including phenoxy) is 2. The highest BCUT2D eigenvalue weighted by Crippen LogP contribution is 2.02. The molecular weight excluding hydrogens is 318 g/mol. The Morgan fingerprint density at radius 2 is 2.04 bits per heavy atom. The number of hydrogen-bond acceptors (Lipinski definition) is 5. The van der Waals surface area contributed by atoms with Gasteiger partial charge in [-0.15, -0.1) is 0 Å². The number of likely N-dealkylation sites (N-methyl/N-ethyl adjacent to an activating group) is 1. The van der Waals surface area contributed by atoms with Gasteiger partial charge in [0, 0.05) is 19.7 Å². The van der Waals surface area contributed by atoms with Crippen molar-refractivity contribution in [3.63, 3.8) is 0 Å².